The smallest absolute Gasteiger partial charge is 0.338 e. The van der Waals surface area contributed by atoms with E-state index >= 15 is 0 Å². The SMILES string of the molecule is CC(C)(C)OC(=O)c1ccc(N2CC[C@H](NC(=O)c3cccnc3)C2)cc1. The highest BCUT2D eigenvalue weighted by Gasteiger charge is 2.25. The number of aromatic nitrogens is 1. The van der Waals surface area contributed by atoms with Gasteiger partial charge in [0.15, 0.2) is 0 Å². The summed E-state index contributed by atoms with van der Waals surface area (Å²) in [6, 6.07) is 11.0. The third-order valence-electron chi connectivity index (χ3n) is 4.31. The van der Waals surface area contributed by atoms with Crippen molar-refractivity contribution in [3.05, 3.63) is 59.9 Å². The van der Waals surface area contributed by atoms with Crippen molar-refractivity contribution in [2.45, 2.75) is 38.8 Å². The van der Waals surface area contributed by atoms with E-state index in [1.165, 1.54) is 0 Å². The fraction of sp³-hybridized carbons (Fsp3) is 0.381. The fourth-order valence-electron chi connectivity index (χ4n) is 3.02. The number of carbonyl (C=O) groups is 2. The summed E-state index contributed by atoms with van der Waals surface area (Å²) in [6.45, 7) is 7.14. The second-order valence-electron chi connectivity index (χ2n) is 7.70. The van der Waals surface area contributed by atoms with Crippen LogP contribution in [0.2, 0.25) is 0 Å². The molecule has 0 bridgehead atoms. The van der Waals surface area contributed by atoms with Crippen molar-refractivity contribution >= 4 is 17.6 Å². The first-order chi connectivity index (χ1) is 12.8. The second kappa shape index (κ2) is 7.78. The average molecular weight is 367 g/mol. The minimum Gasteiger partial charge on any atom is -0.456 e. The summed E-state index contributed by atoms with van der Waals surface area (Å²) in [5.41, 5.74) is 1.62. The zero-order valence-corrected chi connectivity index (χ0v) is 15.9. The highest BCUT2D eigenvalue weighted by molar-refractivity contribution is 5.94. The molecule has 0 saturated carbocycles. The molecule has 1 aromatic carbocycles. The van der Waals surface area contributed by atoms with Gasteiger partial charge in [-0.1, -0.05) is 0 Å². The van der Waals surface area contributed by atoms with Crippen LogP contribution >= 0.6 is 0 Å². The molecule has 1 aliphatic heterocycles. The Bertz CT molecular complexity index is 798. The lowest BCUT2D eigenvalue weighted by Gasteiger charge is -2.21. The van der Waals surface area contributed by atoms with E-state index in [-0.39, 0.29) is 17.9 Å². The lowest BCUT2D eigenvalue weighted by molar-refractivity contribution is 0.00694. The monoisotopic (exact) mass is 367 g/mol. The Kier molecular flexibility index (Phi) is 5.44. The number of hydrogen-bond donors (Lipinski definition) is 1. The molecule has 27 heavy (non-hydrogen) atoms. The van der Waals surface area contributed by atoms with Crippen molar-refractivity contribution in [2.75, 3.05) is 18.0 Å². The number of pyridine rings is 1. The van der Waals surface area contributed by atoms with Gasteiger partial charge in [0.25, 0.3) is 5.91 Å². The third kappa shape index (κ3) is 5.06. The second-order valence-corrected chi connectivity index (χ2v) is 7.70. The van der Waals surface area contributed by atoms with Crippen molar-refractivity contribution in [1.29, 1.82) is 0 Å². The van der Waals surface area contributed by atoms with Crippen molar-refractivity contribution in [3.63, 3.8) is 0 Å². The normalized spacial score (nSPS) is 16.9. The molecule has 1 N–H and O–H groups in total. The maximum atomic E-state index is 12.3. The van der Waals surface area contributed by atoms with E-state index in [0.717, 1.165) is 25.2 Å². The molecule has 0 spiro atoms. The molecule has 3 rings (SSSR count). The molecule has 1 fully saturated rings. The van der Waals surface area contributed by atoms with Gasteiger partial charge in [-0.2, -0.15) is 0 Å². The van der Waals surface area contributed by atoms with Gasteiger partial charge in [0.05, 0.1) is 11.1 Å². The van der Waals surface area contributed by atoms with Crippen LogP contribution in [-0.4, -0.2) is 41.6 Å². The Morgan fingerprint density at radius 2 is 1.89 bits per heavy atom. The summed E-state index contributed by atoms with van der Waals surface area (Å²) >= 11 is 0. The molecular weight excluding hydrogens is 342 g/mol. The molecule has 0 unspecified atom stereocenters. The van der Waals surface area contributed by atoms with Gasteiger partial charge in [-0.25, -0.2) is 4.79 Å². The van der Waals surface area contributed by atoms with Crippen LogP contribution in [0.4, 0.5) is 5.69 Å². The molecule has 2 aromatic rings. The van der Waals surface area contributed by atoms with E-state index < -0.39 is 5.60 Å². The molecule has 1 atom stereocenters. The lowest BCUT2D eigenvalue weighted by atomic mass is 10.1. The first-order valence-corrected chi connectivity index (χ1v) is 9.11. The molecule has 1 aliphatic rings. The lowest BCUT2D eigenvalue weighted by Crippen LogP contribution is -2.37. The molecule has 1 aromatic heterocycles. The van der Waals surface area contributed by atoms with Crippen LogP contribution in [0.1, 0.15) is 47.9 Å². The third-order valence-corrected chi connectivity index (χ3v) is 4.31. The van der Waals surface area contributed by atoms with Gasteiger partial charge in [-0.05, 0) is 63.6 Å². The summed E-state index contributed by atoms with van der Waals surface area (Å²) in [7, 11) is 0. The number of rotatable bonds is 4. The fourth-order valence-corrected chi connectivity index (χ4v) is 3.02. The molecule has 0 aliphatic carbocycles. The van der Waals surface area contributed by atoms with Crippen LogP contribution in [0.15, 0.2) is 48.8 Å². The first-order valence-electron chi connectivity index (χ1n) is 9.11. The first kappa shape index (κ1) is 18.9. The Morgan fingerprint density at radius 3 is 2.52 bits per heavy atom. The summed E-state index contributed by atoms with van der Waals surface area (Å²) in [5.74, 6) is -0.424. The predicted octanol–water partition coefficient (Wildman–Crippen LogP) is 3.05. The molecular formula is C21H25N3O3. The van der Waals surface area contributed by atoms with Crippen LogP contribution in [0.25, 0.3) is 0 Å². The maximum Gasteiger partial charge on any atom is 0.338 e. The highest BCUT2D eigenvalue weighted by Crippen LogP contribution is 2.22. The van der Waals surface area contributed by atoms with E-state index in [1.807, 2.05) is 32.9 Å². The zero-order chi connectivity index (χ0) is 19.4. The van der Waals surface area contributed by atoms with Gasteiger partial charge >= 0.3 is 5.97 Å². The van der Waals surface area contributed by atoms with E-state index in [0.29, 0.717) is 11.1 Å². The zero-order valence-electron chi connectivity index (χ0n) is 15.9. The summed E-state index contributed by atoms with van der Waals surface area (Å²) in [5, 5.41) is 3.06. The van der Waals surface area contributed by atoms with Gasteiger partial charge in [-0.3, -0.25) is 9.78 Å². The molecule has 6 heteroatoms. The van der Waals surface area contributed by atoms with Crippen LogP contribution in [0, 0.1) is 0 Å². The Morgan fingerprint density at radius 1 is 1.15 bits per heavy atom. The van der Waals surface area contributed by atoms with Crippen molar-refractivity contribution < 1.29 is 14.3 Å². The minimum atomic E-state index is -0.510. The van der Waals surface area contributed by atoms with E-state index in [4.69, 9.17) is 4.74 Å². The van der Waals surface area contributed by atoms with Gasteiger partial charge in [0.1, 0.15) is 5.60 Å². The molecule has 1 saturated heterocycles. The van der Waals surface area contributed by atoms with Crippen LogP contribution < -0.4 is 10.2 Å². The van der Waals surface area contributed by atoms with Crippen molar-refractivity contribution in [2.24, 2.45) is 0 Å². The molecule has 142 valence electrons. The Labute approximate surface area is 159 Å². The summed E-state index contributed by atoms with van der Waals surface area (Å²) in [4.78, 5) is 30.5. The van der Waals surface area contributed by atoms with Gasteiger partial charge in [0, 0.05) is 37.2 Å². The number of amides is 1. The number of esters is 1. The number of hydrogen-bond acceptors (Lipinski definition) is 5. The van der Waals surface area contributed by atoms with Crippen LogP contribution in [0.3, 0.4) is 0 Å². The molecule has 0 radical (unpaired) electrons. The van der Waals surface area contributed by atoms with Crippen molar-refractivity contribution in [3.8, 4) is 0 Å². The number of nitrogens with one attached hydrogen (secondary N) is 1. The van der Waals surface area contributed by atoms with Crippen LogP contribution in [-0.2, 0) is 4.74 Å². The van der Waals surface area contributed by atoms with E-state index in [1.54, 1.807) is 36.7 Å². The number of carbonyl (C=O) groups excluding carboxylic acids is 2. The molecule has 6 nitrogen and oxygen atoms in total. The topological polar surface area (TPSA) is 71.5 Å². The Hall–Kier alpha value is -2.89. The number of ether oxygens (including phenoxy) is 1. The van der Waals surface area contributed by atoms with Gasteiger partial charge in [0.2, 0.25) is 0 Å². The maximum absolute atomic E-state index is 12.3. The van der Waals surface area contributed by atoms with Gasteiger partial charge < -0.3 is 15.0 Å². The number of anilines is 1. The van der Waals surface area contributed by atoms with Crippen LogP contribution in [0.5, 0.6) is 0 Å². The van der Waals surface area contributed by atoms with E-state index in [2.05, 4.69) is 15.2 Å². The molecule has 2 heterocycles. The van der Waals surface area contributed by atoms with Gasteiger partial charge in [-0.15, -0.1) is 0 Å². The molecule has 1 amide bonds. The number of benzene rings is 1. The quantitative estimate of drug-likeness (QED) is 0.841. The average Bonchev–Trinajstić information content (AvgIpc) is 3.09. The van der Waals surface area contributed by atoms with Crippen molar-refractivity contribution in [1.82, 2.24) is 10.3 Å². The standard InChI is InChI=1S/C21H25N3O3/c1-21(2,3)27-20(26)15-6-8-18(9-7-15)24-12-10-17(14-24)23-19(25)16-5-4-11-22-13-16/h4-9,11,13,17H,10,12,14H2,1-3H3,(H,23,25)/t17-/m0/s1. The minimum absolute atomic E-state index is 0.0863. The Balaban J connectivity index is 1.57. The predicted molar refractivity (Wildman–Crippen MR) is 104 cm³/mol. The van der Waals surface area contributed by atoms with E-state index in [9.17, 15) is 9.59 Å². The summed E-state index contributed by atoms with van der Waals surface area (Å²) in [6.07, 6.45) is 4.09. The summed E-state index contributed by atoms with van der Waals surface area (Å²) < 4.78 is 5.39. The highest BCUT2D eigenvalue weighted by atomic mass is 16.6. The number of nitrogens with zero attached hydrogens (tertiary/aromatic N) is 2. The largest absolute Gasteiger partial charge is 0.456 e.